The van der Waals surface area contributed by atoms with Gasteiger partial charge in [-0.25, -0.2) is 4.68 Å². The zero-order chi connectivity index (χ0) is 18.0. The molecule has 1 aromatic heterocycles. The molecule has 0 fully saturated rings. The van der Waals surface area contributed by atoms with Crippen LogP contribution in [0.25, 0.3) is 10.8 Å². The third-order valence-electron chi connectivity index (χ3n) is 3.67. The van der Waals surface area contributed by atoms with Gasteiger partial charge in [-0.15, -0.1) is 0 Å². The molecular formula is C17H13Cl2N3O3. The Balaban J connectivity index is 1.78. The Hall–Kier alpha value is -2.57. The van der Waals surface area contributed by atoms with E-state index in [2.05, 4.69) is 10.4 Å². The number of fused-ring (bicyclic) bond motifs is 1. The second kappa shape index (κ2) is 7.13. The lowest BCUT2D eigenvalue weighted by molar-refractivity contribution is -0.116. The van der Waals surface area contributed by atoms with E-state index in [9.17, 15) is 14.4 Å². The summed E-state index contributed by atoms with van der Waals surface area (Å²) in [6, 6.07) is 11.4. The van der Waals surface area contributed by atoms with Gasteiger partial charge in [0, 0.05) is 6.42 Å². The van der Waals surface area contributed by atoms with Crippen LogP contribution in [-0.4, -0.2) is 15.7 Å². The molecule has 8 heteroatoms. The molecule has 3 aromatic rings. The Morgan fingerprint density at radius 2 is 1.76 bits per heavy atom. The second-order valence-corrected chi connectivity index (χ2v) is 6.13. The highest BCUT2D eigenvalue weighted by Gasteiger charge is 2.11. The number of anilines is 1. The number of nitrogens with zero attached hydrogens (tertiary/aromatic N) is 1. The molecule has 1 amide bonds. The topological polar surface area (TPSA) is 84.0 Å². The van der Waals surface area contributed by atoms with Gasteiger partial charge in [0.1, 0.15) is 0 Å². The van der Waals surface area contributed by atoms with Crippen molar-refractivity contribution in [3.8, 4) is 0 Å². The molecule has 0 unspecified atom stereocenters. The summed E-state index contributed by atoms with van der Waals surface area (Å²) in [6.07, 6.45) is -0.0168. The van der Waals surface area contributed by atoms with Gasteiger partial charge in [0.15, 0.2) is 0 Å². The molecule has 0 aliphatic heterocycles. The number of nitrogens with one attached hydrogen (secondary N) is 2. The smallest absolute Gasteiger partial charge is 0.273 e. The number of hydrogen-bond donors (Lipinski definition) is 2. The fourth-order valence-corrected chi connectivity index (χ4v) is 2.78. The Morgan fingerprint density at radius 1 is 1.04 bits per heavy atom. The van der Waals surface area contributed by atoms with Gasteiger partial charge in [-0.3, -0.25) is 19.5 Å². The summed E-state index contributed by atoms with van der Waals surface area (Å²) < 4.78 is 1.13. The van der Waals surface area contributed by atoms with Crippen LogP contribution < -0.4 is 16.4 Å². The van der Waals surface area contributed by atoms with Crippen LogP contribution in [0, 0.1) is 0 Å². The van der Waals surface area contributed by atoms with Crippen molar-refractivity contribution >= 4 is 45.6 Å². The molecule has 2 N–H and O–H groups in total. The Kier molecular flexibility index (Phi) is 4.92. The number of hydrogen-bond acceptors (Lipinski definition) is 3. The van der Waals surface area contributed by atoms with E-state index in [0.29, 0.717) is 21.5 Å². The minimum Gasteiger partial charge on any atom is -0.325 e. The molecule has 128 valence electrons. The molecular weight excluding hydrogens is 365 g/mol. The SMILES string of the molecule is O=C(CCn1[nH]c(=O)c2ccccc2c1=O)Nc1cccc(Cl)c1Cl. The molecule has 0 saturated carbocycles. The monoisotopic (exact) mass is 377 g/mol. The lowest BCUT2D eigenvalue weighted by Crippen LogP contribution is -2.31. The summed E-state index contributed by atoms with van der Waals surface area (Å²) in [5.41, 5.74) is -0.351. The van der Waals surface area contributed by atoms with E-state index in [1.54, 1.807) is 42.5 Å². The third kappa shape index (κ3) is 3.60. The first-order valence-electron chi connectivity index (χ1n) is 7.43. The first-order valence-corrected chi connectivity index (χ1v) is 8.18. The first kappa shape index (κ1) is 17.3. The number of carbonyl (C=O) groups is 1. The number of rotatable bonds is 4. The molecule has 0 atom stereocenters. The van der Waals surface area contributed by atoms with Gasteiger partial charge in [-0.05, 0) is 24.3 Å². The van der Waals surface area contributed by atoms with E-state index >= 15 is 0 Å². The molecule has 0 radical (unpaired) electrons. The van der Waals surface area contributed by atoms with Gasteiger partial charge in [0.2, 0.25) is 5.91 Å². The van der Waals surface area contributed by atoms with E-state index in [-0.39, 0.29) is 35.0 Å². The minimum absolute atomic E-state index is 0.0168. The normalized spacial score (nSPS) is 10.8. The summed E-state index contributed by atoms with van der Waals surface area (Å²) in [5.74, 6) is -0.356. The Morgan fingerprint density at radius 3 is 2.52 bits per heavy atom. The van der Waals surface area contributed by atoms with Crippen LogP contribution in [0.15, 0.2) is 52.1 Å². The van der Waals surface area contributed by atoms with E-state index in [1.165, 1.54) is 0 Å². The highest BCUT2D eigenvalue weighted by Crippen LogP contribution is 2.29. The largest absolute Gasteiger partial charge is 0.325 e. The fourth-order valence-electron chi connectivity index (χ4n) is 2.43. The average molecular weight is 378 g/mol. The molecule has 6 nitrogen and oxygen atoms in total. The second-order valence-electron chi connectivity index (χ2n) is 5.34. The van der Waals surface area contributed by atoms with Crippen LogP contribution in [0.4, 0.5) is 5.69 Å². The van der Waals surface area contributed by atoms with Crippen molar-refractivity contribution in [2.45, 2.75) is 13.0 Å². The number of carbonyl (C=O) groups excluding carboxylic acids is 1. The maximum atomic E-state index is 12.4. The summed E-state index contributed by atoms with van der Waals surface area (Å²) >= 11 is 11.9. The van der Waals surface area contributed by atoms with E-state index < -0.39 is 0 Å². The maximum absolute atomic E-state index is 12.4. The van der Waals surface area contributed by atoms with E-state index in [0.717, 1.165) is 4.68 Å². The molecule has 3 rings (SSSR count). The predicted octanol–water partition coefficient (Wildman–Crippen LogP) is 3.03. The van der Waals surface area contributed by atoms with Gasteiger partial charge in [0.05, 0.1) is 33.0 Å². The van der Waals surface area contributed by atoms with Crippen molar-refractivity contribution in [1.29, 1.82) is 0 Å². The van der Waals surface area contributed by atoms with Crippen LogP contribution >= 0.6 is 23.2 Å². The van der Waals surface area contributed by atoms with Gasteiger partial charge in [0.25, 0.3) is 11.1 Å². The summed E-state index contributed by atoms with van der Waals surface area (Å²) in [6.45, 7) is 0.0307. The fraction of sp³-hybridized carbons (Fsp3) is 0.118. The van der Waals surface area contributed by atoms with E-state index in [1.807, 2.05) is 0 Å². The Bertz CT molecular complexity index is 1070. The van der Waals surface area contributed by atoms with Crippen molar-refractivity contribution in [2.75, 3.05) is 5.32 Å². The zero-order valence-electron chi connectivity index (χ0n) is 12.9. The number of H-pyrrole nitrogens is 1. The van der Waals surface area contributed by atoms with Crippen molar-refractivity contribution < 1.29 is 4.79 Å². The lowest BCUT2D eigenvalue weighted by Gasteiger charge is -2.09. The van der Waals surface area contributed by atoms with Crippen molar-refractivity contribution in [1.82, 2.24) is 9.78 Å². The predicted molar refractivity (Wildman–Crippen MR) is 98.5 cm³/mol. The van der Waals surface area contributed by atoms with Crippen molar-refractivity contribution in [3.05, 3.63) is 73.2 Å². The number of amides is 1. The molecule has 0 saturated heterocycles. The number of aromatic amines is 1. The highest BCUT2D eigenvalue weighted by atomic mass is 35.5. The minimum atomic E-state index is -0.381. The van der Waals surface area contributed by atoms with Crippen LogP contribution in [-0.2, 0) is 11.3 Å². The first-order chi connectivity index (χ1) is 12.0. The van der Waals surface area contributed by atoms with Crippen LogP contribution in [0.3, 0.4) is 0 Å². The van der Waals surface area contributed by atoms with Gasteiger partial charge < -0.3 is 5.32 Å². The van der Waals surface area contributed by atoms with E-state index in [4.69, 9.17) is 23.2 Å². The average Bonchev–Trinajstić information content (AvgIpc) is 2.61. The highest BCUT2D eigenvalue weighted by molar-refractivity contribution is 6.43. The van der Waals surface area contributed by atoms with Gasteiger partial charge in [-0.2, -0.15) is 0 Å². The molecule has 25 heavy (non-hydrogen) atoms. The lowest BCUT2D eigenvalue weighted by atomic mass is 10.2. The standard InChI is InChI=1S/C17H13Cl2N3O3/c18-12-6-3-7-13(15(12)19)20-14(23)8-9-22-17(25)11-5-2-1-4-10(11)16(24)21-22/h1-7H,8-9H2,(H,20,23)(H,21,24). The zero-order valence-corrected chi connectivity index (χ0v) is 14.4. The summed E-state index contributed by atoms with van der Waals surface area (Å²) in [7, 11) is 0. The van der Waals surface area contributed by atoms with Crippen molar-refractivity contribution in [2.24, 2.45) is 0 Å². The molecule has 2 aromatic carbocycles. The van der Waals surface area contributed by atoms with Crippen molar-refractivity contribution in [3.63, 3.8) is 0 Å². The maximum Gasteiger partial charge on any atom is 0.273 e. The third-order valence-corrected chi connectivity index (χ3v) is 4.49. The number of aryl methyl sites for hydroxylation is 1. The molecule has 0 aliphatic rings. The molecule has 0 spiro atoms. The molecule has 1 heterocycles. The van der Waals surface area contributed by atoms with Crippen LogP contribution in [0.5, 0.6) is 0 Å². The van der Waals surface area contributed by atoms with Gasteiger partial charge >= 0.3 is 0 Å². The van der Waals surface area contributed by atoms with Crippen LogP contribution in [0.2, 0.25) is 10.0 Å². The number of aromatic nitrogens is 2. The number of benzene rings is 2. The van der Waals surface area contributed by atoms with Gasteiger partial charge in [-0.1, -0.05) is 41.4 Å². The number of halogens is 2. The quantitative estimate of drug-likeness (QED) is 0.732. The molecule has 0 aliphatic carbocycles. The Labute approximate surface area is 152 Å². The summed E-state index contributed by atoms with van der Waals surface area (Å²) in [5, 5.41) is 6.31. The van der Waals surface area contributed by atoms with Crippen LogP contribution in [0.1, 0.15) is 6.42 Å². The summed E-state index contributed by atoms with van der Waals surface area (Å²) in [4.78, 5) is 36.5. The molecule has 0 bridgehead atoms.